The third-order valence-electron chi connectivity index (χ3n) is 3.06. The number of hydrogen-bond donors (Lipinski definition) is 1. The van der Waals surface area contributed by atoms with Gasteiger partial charge in [-0.3, -0.25) is 4.79 Å². The maximum absolute atomic E-state index is 13.2. The zero-order chi connectivity index (χ0) is 14.7. The van der Waals surface area contributed by atoms with Crippen molar-refractivity contribution in [2.75, 3.05) is 0 Å². The van der Waals surface area contributed by atoms with Gasteiger partial charge < -0.3 is 5.32 Å². The van der Waals surface area contributed by atoms with E-state index in [9.17, 15) is 9.18 Å². The number of aryl methyl sites for hydroxylation is 2. The van der Waals surface area contributed by atoms with Crippen LogP contribution in [-0.4, -0.2) is 10.9 Å². The summed E-state index contributed by atoms with van der Waals surface area (Å²) in [4.78, 5) is 17.6. The Balaban J connectivity index is 2.08. The largest absolute Gasteiger partial charge is 0.343 e. The van der Waals surface area contributed by atoms with Crippen LogP contribution in [-0.2, 0) is 6.42 Å². The fraction of sp³-hybridized carbons (Fsp3) is 0.333. The molecule has 0 fully saturated rings. The van der Waals surface area contributed by atoms with E-state index in [0.717, 1.165) is 11.4 Å². The van der Waals surface area contributed by atoms with Crippen LogP contribution in [0.25, 0.3) is 0 Å². The van der Waals surface area contributed by atoms with Crippen molar-refractivity contribution in [2.45, 2.75) is 33.2 Å². The molecule has 0 radical (unpaired) electrons. The highest BCUT2D eigenvalue weighted by Crippen LogP contribution is 2.20. The fourth-order valence-corrected chi connectivity index (χ4v) is 2.67. The van der Waals surface area contributed by atoms with Gasteiger partial charge in [-0.05, 0) is 44.0 Å². The smallest absolute Gasteiger partial charge is 0.251 e. The Morgan fingerprint density at radius 1 is 1.50 bits per heavy atom. The van der Waals surface area contributed by atoms with Gasteiger partial charge in [0.2, 0.25) is 0 Å². The Hall–Kier alpha value is -1.75. The minimum absolute atomic E-state index is 0.154. The summed E-state index contributed by atoms with van der Waals surface area (Å²) in [6.45, 7) is 5.61. The standard InChI is InChI=1S/C15H17FN2OS/c1-4-12-8-17-15(20-12)10(3)18-14(19)11-5-6-13(16)9(2)7-11/h5-8,10H,4H2,1-3H3,(H,18,19). The van der Waals surface area contributed by atoms with Gasteiger partial charge in [0.15, 0.2) is 0 Å². The van der Waals surface area contributed by atoms with Crippen LogP contribution in [0.2, 0.25) is 0 Å². The molecule has 2 rings (SSSR count). The lowest BCUT2D eigenvalue weighted by molar-refractivity contribution is 0.0939. The van der Waals surface area contributed by atoms with Gasteiger partial charge in [0.25, 0.3) is 5.91 Å². The molecule has 1 aromatic heterocycles. The number of hydrogen-bond acceptors (Lipinski definition) is 3. The highest BCUT2D eigenvalue weighted by molar-refractivity contribution is 7.11. The molecular weight excluding hydrogens is 275 g/mol. The first-order valence-electron chi connectivity index (χ1n) is 6.53. The third kappa shape index (κ3) is 3.22. The van der Waals surface area contributed by atoms with Crippen molar-refractivity contribution < 1.29 is 9.18 Å². The van der Waals surface area contributed by atoms with Crippen molar-refractivity contribution in [3.63, 3.8) is 0 Å². The first-order valence-corrected chi connectivity index (χ1v) is 7.34. The minimum Gasteiger partial charge on any atom is -0.343 e. The van der Waals surface area contributed by atoms with E-state index in [1.54, 1.807) is 24.3 Å². The number of amides is 1. The molecular formula is C15H17FN2OS. The number of carbonyl (C=O) groups is 1. The predicted octanol–water partition coefficient (Wildman–Crippen LogP) is 3.64. The van der Waals surface area contributed by atoms with E-state index in [2.05, 4.69) is 17.2 Å². The van der Waals surface area contributed by atoms with Crippen molar-refractivity contribution in [1.82, 2.24) is 10.3 Å². The highest BCUT2D eigenvalue weighted by Gasteiger charge is 2.15. The number of nitrogens with one attached hydrogen (secondary N) is 1. The lowest BCUT2D eigenvalue weighted by atomic mass is 10.1. The number of nitrogens with zero attached hydrogens (tertiary/aromatic N) is 1. The van der Waals surface area contributed by atoms with Crippen molar-refractivity contribution in [3.05, 3.63) is 51.2 Å². The quantitative estimate of drug-likeness (QED) is 0.934. The molecule has 0 saturated carbocycles. The lowest BCUT2D eigenvalue weighted by Crippen LogP contribution is -2.26. The fourth-order valence-electron chi connectivity index (χ4n) is 1.81. The Bertz CT molecular complexity index is 624. The number of aromatic nitrogens is 1. The predicted molar refractivity (Wildman–Crippen MR) is 78.5 cm³/mol. The Morgan fingerprint density at radius 2 is 2.25 bits per heavy atom. The molecule has 0 aliphatic carbocycles. The SMILES string of the molecule is CCc1cnc(C(C)NC(=O)c2ccc(F)c(C)c2)s1. The Labute approximate surface area is 121 Å². The second-order valence-electron chi connectivity index (χ2n) is 4.68. The zero-order valence-corrected chi connectivity index (χ0v) is 12.6. The normalized spacial score (nSPS) is 12.2. The lowest BCUT2D eigenvalue weighted by Gasteiger charge is -2.11. The summed E-state index contributed by atoms with van der Waals surface area (Å²) in [6.07, 6.45) is 2.78. The topological polar surface area (TPSA) is 42.0 Å². The van der Waals surface area contributed by atoms with E-state index < -0.39 is 0 Å². The van der Waals surface area contributed by atoms with Crippen LogP contribution in [0.1, 0.15) is 45.7 Å². The average molecular weight is 292 g/mol. The number of thiazole rings is 1. The van der Waals surface area contributed by atoms with Crippen LogP contribution in [0.4, 0.5) is 4.39 Å². The number of rotatable bonds is 4. The van der Waals surface area contributed by atoms with Gasteiger partial charge in [-0.15, -0.1) is 11.3 Å². The van der Waals surface area contributed by atoms with Crippen LogP contribution in [0.15, 0.2) is 24.4 Å². The van der Waals surface area contributed by atoms with Gasteiger partial charge in [-0.25, -0.2) is 9.37 Å². The molecule has 1 unspecified atom stereocenters. The summed E-state index contributed by atoms with van der Waals surface area (Å²) in [5, 5.41) is 3.77. The summed E-state index contributed by atoms with van der Waals surface area (Å²) >= 11 is 1.60. The number of benzene rings is 1. The maximum Gasteiger partial charge on any atom is 0.251 e. The molecule has 1 aromatic carbocycles. The molecule has 0 aliphatic rings. The molecule has 1 N–H and O–H groups in total. The summed E-state index contributed by atoms with van der Waals surface area (Å²) in [5.74, 6) is -0.518. The third-order valence-corrected chi connectivity index (χ3v) is 4.38. The zero-order valence-electron chi connectivity index (χ0n) is 11.7. The first kappa shape index (κ1) is 14.7. The molecule has 1 atom stereocenters. The molecule has 3 nitrogen and oxygen atoms in total. The van der Waals surface area contributed by atoms with Crippen LogP contribution in [0, 0.1) is 12.7 Å². The first-order chi connectivity index (χ1) is 9.51. The average Bonchev–Trinajstić information content (AvgIpc) is 2.90. The maximum atomic E-state index is 13.2. The van der Waals surface area contributed by atoms with E-state index >= 15 is 0 Å². The van der Waals surface area contributed by atoms with Crippen LogP contribution in [0.3, 0.4) is 0 Å². The molecule has 20 heavy (non-hydrogen) atoms. The van der Waals surface area contributed by atoms with Crippen LogP contribution in [0.5, 0.6) is 0 Å². The highest BCUT2D eigenvalue weighted by atomic mass is 32.1. The molecule has 0 aliphatic heterocycles. The van der Waals surface area contributed by atoms with Crippen molar-refractivity contribution >= 4 is 17.2 Å². The molecule has 1 amide bonds. The van der Waals surface area contributed by atoms with E-state index in [1.807, 2.05) is 13.1 Å². The number of carbonyl (C=O) groups excluding carboxylic acids is 1. The van der Waals surface area contributed by atoms with Gasteiger partial charge in [0.05, 0.1) is 6.04 Å². The van der Waals surface area contributed by atoms with Gasteiger partial charge in [0, 0.05) is 16.6 Å². The molecule has 2 aromatic rings. The summed E-state index contributed by atoms with van der Waals surface area (Å²) < 4.78 is 13.2. The molecule has 106 valence electrons. The summed E-state index contributed by atoms with van der Waals surface area (Å²) in [6, 6.07) is 4.20. The molecule has 0 saturated heterocycles. The monoisotopic (exact) mass is 292 g/mol. The van der Waals surface area contributed by atoms with Gasteiger partial charge >= 0.3 is 0 Å². The van der Waals surface area contributed by atoms with E-state index in [-0.39, 0.29) is 17.8 Å². The Morgan fingerprint density at radius 3 is 2.85 bits per heavy atom. The van der Waals surface area contributed by atoms with E-state index in [4.69, 9.17) is 0 Å². The van der Waals surface area contributed by atoms with Gasteiger partial charge in [-0.2, -0.15) is 0 Å². The van der Waals surface area contributed by atoms with Gasteiger partial charge in [-0.1, -0.05) is 6.92 Å². The minimum atomic E-state index is -0.304. The molecule has 0 bridgehead atoms. The second kappa shape index (κ2) is 6.13. The number of halogens is 1. The van der Waals surface area contributed by atoms with Crippen molar-refractivity contribution in [2.24, 2.45) is 0 Å². The Kier molecular flexibility index (Phi) is 4.49. The van der Waals surface area contributed by atoms with Gasteiger partial charge in [0.1, 0.15) is 10.8 Å². The van der Waals surface area contributed by atoms with Crippen molar-refractivity contribution in [3.8, 4) is 0 Å². The second-order valence-corrected chi connectivity index (χ2v) is 5.82. The van der Waals surface area contributed by atoms with E-state index in [0.29, 0.717) is 11.1 Å². The molecule has 0 spiro atoms. The molecule has 1 heterocycles. The summed E-state index contributed by atoms with van der Waals surface area (Å²) in [7, 11) is 0. The van der Waals surface area contributed by atoms with Crippen LogP contribution >= 0.6 is 11.3 Å². The van der Waals surface area contributed by atoms with E-state index in [1.165, 1.54) is 17.0 Å². The van der Waals surface area contributed by atoms with Crippen molar-refractivity contribution in [1.29, 1.82) is 0 Å². The molecule has 5 heteroatoms. The van der Waals surface area contributed by atoms with Crippen LogP contribution < -0.4 is 5.32 Å². The summed E-state index contributed by atoms with van der Waals surface area (Å²) in [5.41, 5.74) is 0.927.